The zero-order valence-electron chi connectivity index (χ0n) is 26.1. The Morgan fingerprint density at radius 1 is 0.886 bits per heavy atom. The van der Waals surface area contributed by atoms with Gasteiger partial charge in [0.1, 0.15) is 0 Å². The Labute approximate surface area is 271 Å². The molecule has 3 aromatic carbocycles. The van der Waals surface area contributed by atoms with Crippen molar-refractivity contribution in [3.8, 4) is 5.75 Å². The van der Waals surface area contributed by atoms with Crippen molar-refractivity contribution in [2.45, 2.75) is 67.7 Å². The maximum Gasteiger partial charge on any atom is 0.0146 e. The number of rotatable bonds is 6. The average Bonchev–Trinajstić information content (AvgIpc) is 3.32. The van der Waals surface area contributed by atoms with Crippen LogP contribution in [0.15, 0.2) is 42.5 Å². The van der Waals surface area contributed by atoms with E-state index in [9.17, 15) is 18.0 Å². The van der Waals surface area contributed by atoms with Gasteiger partial charge in [-0.1, -0.05) is 35.4 Å². The van der Waals surface area contributed by atoms with Crippen LogP contribution in [0.2, 0.25) is 0 Å². The van der Waals surface area contributed by atoms with Crippen LogP contribution >= 0.6 is 19.4 Å². The molecule has 0 radical (unpaired) electrons. The van der Waals surface area contributed by atoms with E-state index in [1.807, 2.05) is 0 Å². The Balaban J connectivity index is 0.000000242. The van der Waals surface area contributed by atoms with Crippen molar-refractivity contribution in [2.75, 3.05) is 28.2 Å². The molecule has 1 N–H and O–H groups in total. The van der Waals surface area contributed by atoms with Gasteiger partial charge in [0.2, 0.25) is 0 Å². The molecule has 1 amide bonds. The van der Waals surface area contributed by atoms with Gasteiger partial charge in [-0.3, -0.25) is 0 Å². The first-order chi connectivity index (χ1) is 20.5. The molecule has 3 aromatic rings. The van der Waals surface area contributed by atoms with Gasteiger partial charge in [-0.15, -0.1) is 0 Å². The van der Waals surface area contributed by atoms with E-state index in [0.717, 1.165) is 13.1 Å². The normalized spacial score (nSPS) is 13.5. The molecule has 11 heteroatoms. The van der Waals surface area contributed by atoms with Crippen molar-refractivity contribution in [1.82, 2.24) is 0 Å². The molecule has 0 aromatic heterocycles. The number of amides is 1. The van der Waals surface area contributed by atoms with Crippen LogP contribution in [0, 0.1) is 48.2 Å². The van der Waals surface area contributed by atoms with E-state index in [-0.39, 0.29) is 11.8 Å². The predicted molar refractivity (Wildman–Crippen MR) is 174 cm³/mol. The number of halogens is 5. The number of benzene rings is 3. The SMILES string of the molecule is CC(C)Oc1ccc(NC(=O)C(F)(F)F)cc1[CH]=[Ru]([Cl])[Cl].Cc1cc(C)c(N2[CH-]N(c3c(C)cc(C)cc3C)CC2)c(C)c1. The zero-order chi connectivity index (χ0) is 32.9. The number of aryl methyl sites for hydroxylation is 6. The largest absolute Gasteiger partial charge is 0.502 e. The summed E-state index contributed by atoms with van der Waals surface area (Å²) < 4.78 is 43.7. The van der Waals surface area contributed by atoms with Gasteiger partial charge in [0, 0.05) is 24.5 Å². The molecule has 44 heavy (non-hydrogen) atoms. The Bertz CT molecular complexity index is 1430. The van der Waals surface area contributed by atoms with Gasteiger partial charge in [0.15, 0.2) is 0 Å². The monoisotopic (exact) mass is 738 g/mol. The Morgan fingerprint density at radius 3 is 1.73 bits per heavy atom. The third-order valence-corrected chi connectivity index (χ3v) is 8.61. The van der Waals surface area contributed by atoms with Gasteiger partial charge < -0.3 is 9.80 Å². The van der Waals surface area contributed by atoms with Crippen LogP contribution in [0.25, 0.3) is 0 Å². The quantitative estimate of drug-likeness (QED) is 0.203. The van der Waals surface area contributed by atoms with Crippen molar-refractivity contribution >= 4 is 47.0 Å². The van der Waals surface area contributed by atoms with Crippen molar-refractivity contribution in [3.63, 3.8) is 0 Å². The fraction of sp³-hybridized carbons (Fsp3) is 0.364. The van der Waals surface area contributed by atoms with E-state index in [1.54, 1.807) is 19.2 Å². The summed E-state index contributed by atoms with van der Waals surface area (Å²) >= 11 is -2.20. The van der Waals surface area contributed by atoms with E-state index < -0.39 is 25.6 Å². The second-order valence-corrected chi connectivity index (χ2v) is 16.9. The molecule has 1 aliphatic rings. The molecule has 0 unspecified atom stereocenters. The standard InChI is InChI=1S/C21H27N2.C12H12F3NO2.2ClH.Ru/c1-14-9-16(3)20(17(4)10-14)22-7-8-23(13-22)21-18(5)11-15(2)12-19(21)6;1-7(2)18-10-5-4-9(6-8(10)3)16-11(17)12(13,14)15;;;/h9-13H,7-8H2,1-6H3;3-7H,1-2H3,(H,16,17);2*1H;/q-1;;;;+2/p-2. The molecular weight excluding hydrogens is 699 g/mol. The summed E-state index contributed by atoms with van der Waals surface area (Å²) in [6, 6.07) is 13.2. The number of ether oxygens (including phenoxy) is 1. The van der Waals surface area contributed by atoms with E-state index in [2.05, 4.69) is 82.3 Å². The smallest absolute Gasteiger partial charge is 0.0146 e. The number of carbonyl (C=O) groups excluding carboxylic acids is 1. The van der Waals surface area contributed by atoms with Crippen LogP contribution in [-0.2, 0) is 18.3 Å². The van der Waals surface area contributed by atoms with Crippen LogP contribution in [0.4, 0.5) is 30.2 Å². The Morgan fingerprint density at radius 2 is 1.34 bits per heavy atom. The second-order valence-electron chi connectivity index (χ2n) is 11.2. The summed E-state index contributed by atoms with van der Waals surface area (Å²) in [7, 11) is 11.6. The van der Waals surface area contributed by atoms with Crippen molar-refractivity contribution < 1.29 is 36.2 Å². The van der Waals surface area contributed by atoms with Crippen LogP contribution < -0.4 is 19.9 Å². The third kappa shape index (κ3) is 9.69. The summed E-state index contributed by atoms with van der Waals surface area (Å²) in [6.07, 6.45) is -5.08. The molecule has 1 saturated heterocycles. The molecular formula is C33H39Cl2F3N3O2Ru-. The number of nitrogens with zero attached hydrogens (tertiary/aromatic N) is 2. The summed E-state index contributed by atoms with van der Waals surface area (Å²) in [4.78, 5) is 15.7. The van der Waals surface area contributed by atoms with Crippen molar-refractivity contribution in [1.29, 1.82) is 0 Å². The number of anilines is 3. The van der Waals surface area contributed by atoms with Gasteiger partial charge in [-0.2, -0.15) is 6.67 Å². The fourth-order valence-electron chi connectivity index (χ4n) is 5.44. The number of nitrogens with one attached hydrogen (secondary N) is 1. The van der Waals surface area contributed by atoms with Crippen molar-refractivity contribution in [2.24, 2.45) is 0 Å². The molecule has 242 valence electrons. The summed E-state index contributed by atoms with van der Waals surface area (Å²) in [6.45, 7) is 21.2. The maximum absolute atomic E-state index is 12.2. The summed E-state index contributed by atoms with van der Waals surface area (Å²) in [5.74, 6) is -1.60. The molecule has 1 heterocycles. The minimum absolute atomic E-state index is 0.0107. The average molecular weight is 739 g/mol. The molecule has 0 atom stereocenters. The first-order valence-electron chi connectivity index (χ1n) is 14.0. The van der Waals surface area contributed by atoms with Crippen molar-refractivity contribution in [3.05, 3.63) is 88.1 Å². The number of hydrogen-bond donors (Lipinski definition) is 1. The van der Waals surface area contributed by atoms with E-state index in [4.69, 9.17) is 24.1 Å². The third-order valence-electron chi connectivity index (χ3n) is 6.78. The Kier molecular flexibility index (Phi) is 12.3. The maximum atomic E-state index is 12.2. The first kappa shape index (κ1) is 35.9. The van der Waals surface area contributed by atoms with E-state index in [1.165, 1.54) is 67.6 Å². The topological polar surface area (TPSA) is 44.8 Å². The second kappa shape index (κ2) is 15.1. The minimum Gasteiger partial charge on any atom is -0.502 e. The molecule has 0 saturated carbocycles. The van der Waals surface area contributed by atoms with E-state index in [0.29, 0.717) is 11.3 Å². The molecule has 1 fully saturated rings. The molecule has 1 aliphatic heterocycles. The minimum atomic E-state index is -4.95. The van der Waals surface area contributed by atoms with E-state index >= 15 is 0 Å². The number of carbonyl (C=O) groups is 1. The zero-order valence-corrected chi connectivity index (χ0v) is 29.4. The van der Waals surface area contributed by atoms with Gasteiger partial charge in [-0.25, -0.2) is 0 Å². The predicted octanol–water partition coefficient (Wildman–Crippen LogP) is 9.03. The molecule has 4 rings (SSSR count). The fourth-order valence-corrected chi connectivity index (χ4v) is 7.23. The van der Waals surface area contributed by atoms with Crippen LogP contribution in [0.1, 0.15) is 52.8 Å². The van der Waals surface area contributed by atoms with Crippen LogP contribution in [-0.4, -0.2) is 35.9 Å². The van der Waals surface area contributed by atoms with Gasteiger partial charge >= 0.3 is 133 Å². The summed E-state index contributed by atoms with van der Waals surface area (Å²) in [5, 5.41) is 1.77. The number of hydrogen-bond acceptors (Lipinski definition) is 4. The van der Waals surface area contributed by atoms with Gasteiger partial charge in [-0.05, 0) is 63.8 Å². The Hall–Kier alpha value is -2.61. The first-order valence-corrected chi connectivity index (χ1v) is 19.5. The molecule has 5 nitrogen and oxygen atoms in total. The van der Waals surface area contributed by atoms with Gasteiger partial charge in [0.05, 0.1) is 0 Å². The number of alkyl halides is 3. The molecule has 0 bridgehead atoms. The van der Waals surface area contributed by atoms with Crippen LogP contribution in [0.5, 0.6) is 5.75 Å². The molecule has 0 aliphatic carbocycles. The summed E-state index contributed by atoms with van der Waals surface area (Å²) in [5.41, 5.74) is 11.3. The van der Waals surface area contributed by atoms with Gasteiger partial charge in [0.25, 0.3) is 0 Å². The molecule has 0 spiro atoms. The van der Waals surface area contributed by atoms with Crippen LogP contribution in [0.3, 0.4) is 0 Å².